The van der Waals surface area contributed by atoms with Crippen LogP contribution in [-0.2, 0) is 16.0 Å². The van der Waals surface area contributed by atoms with Crippen LogP contribution in [-0.4, -0.2) is 74.4 Å². The molecule has 0 aliphatic carbocycles. The molecule has 1 N–H and O–H groups in total. The van der Waals surface area contributed by atoms with Gasteiger partial charge >= 0.3 is 0 Å². The van der Waals surface area contributed by atoms with Gasteiger partial charge in [0.05, 0.1) is 31.5 Å². The van der Waals surface area contributed by atoms with Crippen molar-refractivity contribution in [3.05, 3.63) is 59.8 Å². The molecule has 0 saturated carbocycles. The molecule has 2 saturated heterocycles. The van der Waals surface area contributed by atoms with Crippen LogP contribution >= 0.6 is 0 Å². The highest BCUT2D eigenvalue weighted by Crippen LogP contribution is 2.14. The number of carbonyl (C=O) groups is 1. The summed E-state index contributed by atoms with van der Waals surface area (Å²) in [5.74, 6) is 0.770. The number of anilines is 1. The highest BCUT2D eigenvalue weighted by atomic mass is 16.5. The van der Waals surface area contributed by atoms with Gasteiger partial charge in [-0.15, -0.1) is 0 Å². The Kier molecular flexibility index (Phi) is 6.71. The quantitative estimate of drug-likeness (QED) is 0.799. The molecule has 29 heavy (non-hydrogen) atoms. The van der Waals surface area contributed by atoms with Crippen LogP contribution in [0, 0.1) is 0 Å². The van der Waals surface area contributed by atoms with E-state index in [0.29, 0.717) is 31.9 Å². The van der Waals surface area contributed by atoms with Crippen LogP contribution in [0.1, 0.15) is 15.9 Å². The van der Waals surface area contributed by atoms with Gasteiger partial charge in [0.2, 0.25) is 0 Å². The van der Waals surface area contributed by atoms with Gasteiger partial charge in [0.15, 0.2) is 0 Å². The Morgan fingerprint density at radius 2 is 1.90 bits per heavy atom. The number of benzene rings is 1. The molecular formula is C22H28N4O3. The molecule has 154 valence electrons. The van der Waals surface area contributed by atoms with Gasteiger partial charge in [0, 0.05) is 45.5 Å². The van der Waals surface area contributed by atoms with Crippen molar-refractivity contribution in [2.45, 2.75) is 12.6 Å². The van der Waals surface area contributed by atoms with E-state index in [1.807, 2.05) is 18.2 Å². The van der Waals surface area contributed by atoms with Crippen molar-refractivity contribution in [3.8, 4) is 0 Å². The maximum Gasteiger partial charge on any atom is 0.252 e. The summed E-state index contributed by atoms with van der Waals surface area (Å²) >= 11 is 0. The number of ether oxygens (including phenoxy) is 2. The van der Waals surface area contributed by atoms with E-state index in [1.54, 1.807) is 6.20 Å². The largest absolute Gasteiger partial charge is 0.378 e. The first-order valence-corrected chi connectivity index (χ1v) is 10.2. The van der Waals surface area contributed by atoms with Crippen LogP contribution in [0.15, 0.2) is 48.7 Å². The summed E-state index contributed by atoms with van der Waals surface area (Å²) in [7, 11) is 0. The van der Waals surface area contributed by atoms with Crippen molar-refractivity contribution in [3.63, 3.8) is 0 Å². The van der Waals surface area contributed by atoms with Crippen molar-refractivity contribution in [1.29, 1.82) is 0 Å². The highest BCUT2D eigenvalue weighted by Gasteiger charge is 2.21. The Morgan fingerprint density at radius 3 is 2.66 bits per heavy atom. The molecule has 1 aromatic heterocycles. The van der Waals surface area contributed by atoms with E-state index >= 15 is 0 Å². The van der Waals surface area contributed by atoms with Crippen molar-refractivity contribution in [1.82, 2.24) is 15.2 Å². The minimum atomic E-state index is -0.116. The van der Waals surface area contributed by atoms with Gasteiger partial charge < -0.3 is 19.7 Å². The van der Waals surface area contributed by atoms with Gasteiger partial charge in [-0.3, -0.25) is 9.69 Å². The molecule has 7 heteroatoms. The van der Waals surface area contributed by atoms with E-state index in [1.165, 1.54) is 5.56 Å². The fraction of sp³-hybridized carbons (Fsp3) is 0.455. The van der Waals surface area contributed by atoms with Crippen LogP contribution in [0.4, 0.5) is 5.82 Å². The van der Waals surface area contributed by atoms with Crippen molar-refractivity contribution < 1.29 is 14.3 Å². The summed E-state index contributed by atoms with van der Waals surface area (Å²) in [4.78, 5) is 21.5. The smallest absolute Gasteiger partial charge is 0.252 e. The lowest BCUT2D eigenvalue weighted by Crippen LogP contribution is -2.47. The summed E-state index contributed by atoms with van der Waals surface area (Å²) < 4.78 is 11.2. The number of aromatic nitrogens is 1. The highest BCUT2D eigenvalue weighted by molar-refractivity contribution is 5.94. The van der Waals surface area contributed by atoms with Crippen LogP contribution in [0.5, 0.6) is 0 Å². The molecule has 3 heterocycles. The van der Waals surface area contributed by atoms with E-state index in [0.717, 1.165) is 38.5 Å². The van der Waals surface area contributed by atoms with E-state index in [2.05, 4.69) is 44.4 Å². The van der Waals surface area contributed by atoms with Crippen molar-refractivity contribution in [2.24, 2.45) is 0 Å². The van der Waals surface area contributed by atoms with Crippen LogP contribution in [0.25, 0.3) is 0 Å². The number of amides is 1. The third-order valence-electron chi connectivity index (χ3n) is 5.31. The van der Waals surface area contributed by atoms with Gasteiger partial charge in [-0.25, -0.2) is 4.98 Å². The zero-order valence-corrected chi connectivity index (χ0v) is 16.6. The molecule has 1 amide bonds. The average molecular weight is 396 g/mol. The van der Waals surface area contributed by atoms with Gasteiger partial charge in [-0.2, -0.15) is 0 Å². The van der Waals surface area contributed by atoms with Gasteiger partial charge in [0.1, 0.15) is 5.82 Å². The molecule has 4 rings (SSSR count). The number of morpholine rings is 2. The minimum absolute atomic E-state index is 0.00278. The number of pyridine rings is 1. The lowest BCUT2D eigenvalue weighted by atomic mass is 10.2. The summed E-state index contributed by atoms with van der Waals surface area (Å²) in [6, 6.07) is 14.2. The minimum Gasteiger partial charge on any atom is -0.378 e. The molecule has 1 atom stereocenters. The van der Waals surface area contributed by atoms with E-state index in [-0.39, 0.29) is 12.0 Å². The summed E-state index contributed by atoms with van der Waals surface area (Å²) in [6.07, 6.45) is 1.64. The molecule has 2 aliphatic heterocycles. The first-order chi connectivity index (χ1) is 14.3. The lowest BCUT2D eigenvalue weighted by molar-refractivity contribution is -0.0292. The lowest BCUT2D eigenvalue weighted by Gasteiger charge is -2.33. The molecule has 0 radical (unpaired) electrons. The fourth-order valence-electron chi connectivity index (χ4n) is 3.70. The normalized spacial score (nSPS) is 20.4. The number of nitrogens with zero attached hydrogens (tertiary/aromatic N) is 3. The zero-order valence-electron chi connectivity index (χ0n) is 16.6. The maximum atomic E-state index is 12.5. The predicted molar refractivity (Wildman–Crippen MR) is 111 cm³/mol. The van der Waals surface area contributed by atoms with Gasteiger partial charge in [-0.05, 0) is 17.7 Å². The molecule has 2 aromatic rings. The van der Waals surface area contributed by atoms with Gasteiger partial charge in [-0.1, -0.05) is 30.3 Å². The second-order valence-electron chi connectivity index (χ2n) is 7.43. The van der Waals surface area contributed by atoms with E-state index < -0.39 is 0 Å². The predicted octanol–water partition coefficient (Wildman–Crippen LogP) is 1.55. The summed E-state index contributed by atoms with van der Waals surface area (Å²) in [5.41, 5.74) is 1.86. The Bertz CT molecular complexity index is 778. The molecule has 0 bridgehead atoms. The molecule has 2 fully saturated rings. The molecule has 7 nitrogen and oxygen atoms in total. The molecule has 0 unspecified atom stereocenters. The van der Waals surface area contributed by atoms with Crippen molar-refractivity contribution in [2.75, 3.05) is 57.4 Å². The molecule has 0 spiro atoms. The van der Waals surface area contributed by atoms with Crippen molar-refractivity contribution >= 4 is 11.7 Å². The molecule has 2 aliphatic rings. The van der Waals surface area contributed by atoms with E-state index in [9.17, 15) is 4.79 Å². The van der Waals surface area contributed by atoms with Crippen LogP contribution < -0.4 is 10.2 Å². The Labute approximate surface area is 171 Å². The first-order valence-electron chi connectivity index (χ1n) is 10.2. The maximum absolute atomic E-state index is 12.5. The number of rotatable bonds is 6. The number of hydrogen-bond donors (Lipinski definition) is 1. The number of nitrogens with one attached hydrogen (secondary N) is 1. The Balaban J connectivity index is 1.25. The monoisotopic (exact) mass is 396 g/mol. The molecular weight excluding hydrogens is 368 g/mol. The standard InChI is InChI=1S/C22H28N4O3/c27-22(19-6-7-21(23-14-19)26-9-11-28-12-10-26)24-15-20-17-25(8-13-29-20)16-18-4-2-1-3-5-18/h1-7,14,20H,8-13,15-17H2,(H,24,27)/t20-/m0/s1. The fourth-order valence-corrected chi connectivity index (χ4v) is 3.70. The first kappa shape index (κ1) is 19.8. The Hall–Kier alpha value is -2.48. The third kappa shape index (κ3) is 5.53. The number of hydrogen-bond acceptors (Lipinski definition) is 6. The summed E-state index contributed by atoms with van der Waals surface area (Å²) in [6.45, 7) is 6.89. The van der Waals surface area contributed by atoms with E-state index in [4.69, 9.17) is 9.47 Å². The topological polar surface area (TPSA) is 66.9 Å². The van der Waals surface area contributed by atoms with Crippen LogP contribution in [0.2, 0.25) is 0 Å². The third-order valence-corrected chi connectivity index (χ3v) is 5.31. The SMILES string of the molecule is O=C(NC[C@H]1CN(Cc2ccccc2)CCO1)c1ccc(N2CCOCC2)nc1. The summed E-state index contributed by atoms with van der Waals surface area (Å²) in [5, 5.41) is 2.99. The second-order valence-corrected chi connectivity index (χ2v) is 7.43. The Morgan fingerprint density at radius 1 is 1.07 bits per heavy atom. The number of carbonyl (C=O) groups excluding carboxylic acids is 1. The zero-order chi connectivity index (χ0) is 19.9. The van der Waals surface area contributed by atoms with Gasteiger partial charge in [0.25, 0.3) is 5.91 Å². The second kappa shape index (κ2) is 9.82. The van der Waals surface area contributed by atoms with Crippen LogP contribution in [0.3, 0.4) is 0 Å². The average Bonchev–Trinajstić information content (AvgIpc) is 2.79. The molecule has 1 aromatic carbocycles.